The number of rotatable bonds is 2. The topological polar surface area (TPSA) is 20.3 Å². The summed E-state index contributed by atoms with van der Waals surface area (Å²) >= 11 is 3.54. The molecule has 3 aromatic carbocycles. The third-order valence-corrected chi connectivity index (χ3v) is 6.05. The first-order valence-corrected chi connectivity index (χ1v) is 10.1. The highest BCUT2D eigenvalue weighted by atomic mass is 79.9. The van der Waals surface area contributed by atoms with Crippen LogP contribution < -0.4 is 4.90 Å². The predicted octanol–water partition coefficient (Wildman–Crippen LogP) is 6.33. The van der Waals surface area contributed by atoms with Crippen molar-refractivity contribution in [1.82, 2.24) is 0 Å². The van der Waals surface area contributed by atoms with E-state index in [0.717, 1.165) is 16.6 Å². The number of anilines is 1. The van der Waals surface area contributed by atoms with Gasteiger partial charge < -0.3 is 4.90 Å². The van der Waals surface area contributed by atoms with Gasteiger partial charge in [0.2, 0.25) is 0 Å². The van der Waals surface area contributed by atoms with Crippen molar-refractivity contribution in [2.75, 3.05) is 4.90 Å². The largest absolute Gasteiger partial charge is 0.305 e. The molecule has 1 amide bonds. The number of aryl methyl sites for hydroxylation is 1. The fourth-order valence-corrected chi connectivity index (χ4v) is 4.51. The van der Waals surface area contributed by atoms with Crippen LogP contribution in [-0.4, -0.2) is 11.9 Å². The molecule has 0 radical (unpaired) electrons. The molecule has 1 aliphatic rings. The predicted molar refractivity (Wildman–Crippen MR) is 114 cm³/mol. The van der Waals surface area contributed by atoms with Crippen LogP contribution in [0.4, 0.5) is 5.69 Å². The number of fused-ring (bicyclic) bond motifs is 1. The fraction of sp³-hybridized carbons (Fsp3) is 0.208. The fourth-order valence-electron chi connectivity index (χ4n) is 4.06. The van der Waals surface area contributed by atoms with Crippen LogP contribution in [0, 0.1) is 6.92 Å². The lowest BCUT2D eigenvalue weighted by Crippen LogP contribution is -2.43. The molecule has 2 unspecified atom stereocenters. The van der Waals surface area contributed by atoms with E-state index in [1.807, 2.05) is 29.2 Å². The SMILES string of the molecule is Cc1ccc2c(c1)C(c1ccccc1)CC(C)N2C(=O)c1ccccc1Br. The van der Waals surface area contributed by atoms with Gasteiger partial charge in [-0.3, -0.25) is 4.79 Å². The quantitative estimate of drug-likeness (QED) is 0.475. The van der Waals surface area contributed by atoms with Gasteiger partial charge >= 0.3 is 0 Å². The number of nitrogens with zero attached hydrogens (tertiary/aromatic N) is 1. The zero-order valence-corrected chi connectivity index (χ0v) is 17.1. The van der Waals surface area contributed by atoms with Gasteiger partial charge in [-0.2, -0.15) is 0 Å². The standard InChI is InChI=1S/C24H22BrNO/c1-16-12-13-23-21(14-16)20(18-8-4-3-5-9-18)15-17(2)26(23)24(27)19-10-6-7-11-22(19)25/h3-14,17,20H,15H2,1-2H3. The zero-order valence-electron chi connectivity index (χ0n) is 15.5. The Bertz CT molecular complexity index is 983. The lowest BCUT2D eigenvalue weighted by atomic mass is 9.80. The van der Waals surface area contributed by atoms with E-state index in [1.165, 1.54) is 16.7 Å². The summed E-state index contributed by atoms with van der Waals surface area (Å²) < 4.78 is 0.834. The van der Waals surface area contributed by atoms with E-state index >= 15 is 0 Å². The summed E-state index contributed by atoms with van der Waals surface area (Å²) in [6, 6.07) is 24.8. The molecule has 1 aliphatic heterocycles. The second-order valence-electron chi connectivity index (χ2n) is 7.27. The van der Waals surface area contributed by atoms with Gasteiger partial charge in [-0.25, -0.2) is 0 Å². The molecule has 0 aromatic heterocycles. The molecule has 0 fully saturated rings. The Morgan fingerprint density at radius 2 is 1.70 bits per heavy atom. The highest BCUT2D eigenvalue weighted by Gasteiger charge is 2.35. The second-order valence-corrected chi connectivity index (χ2v) is 8.12. The van der Waals surface area contributed by atoms with Gasteiger partial charge in [-0.15, -0.1) is 0 Å². The first-order chi connectivity index (χ1) is 13.1. The molecule has 2 nitrogen and oxygen atoms in total. The van der Waals surface area contributed by atoms with E-state index in [2.05, 4.69) is 78.3 Å². The van der Waals surface area contributed by atoms with Crippen LogP contribution in [0.15, 0.2) is 77.3 Å². The second kappa shape index (κ2) is 7.32. The molecule has 0 saturated carbocycles. The molecule has 0 bridgehead atoms. The van der Waals surface area contributed by atoms with Gasteiger partial charge in [0, 0.05) is 22.1 Å². The number of halogens is 1. The highest BCUT2D eigenvalue weighted by Crippen LogP contribution is 2.43. The Hall–Kier alpha value is -2.39. The minimum atomic E-state index is 0.0478. The van der Waals surface area contributed by atoms with E-state index in [1.54, 1.807) is 0 Å². The molecule has 3 aromatic rings. The van der Waals surface area contributed by atoms with Crippen LogP contribution in [0.5, 0.6) is 0 Å². The summed E-state index contributed by atoms with van der Waals surface area (Å²) in [5.74, 6) is 0.353. The number of amides is 1. The molecule has 136 valence electrons. The Morgan fingerprint density at radius 1 is 1.00 bits per heavy atom. The van der Waals surface area contributed by atoms with Gasteiger partial charge in [0.15, 0.2) is 0 Å². The lowest BCUT2D eigenvalue weighted by Gasteiger charge is -2.40. The van der Waals surface area contributed by atoms with Crippen molar-refractivity contribution in [3.8, 4) is 0 Å². The molecule has 0 N–H and O–H groups in total. The third kappa shape index (κ3) is 3.32. The molecule has 27 heavy (non-hydrogen) atoms. The smallest absolute Gasteiger partial charge is 0.259 e. The van der Waals surface area contributed by atoms with Crippen molar-refractivity contribution in [3.05, 3.63) is 99.5 Å². The summed E-state index contributed by atoms with van der Waals surface area (Å²) in [7, 11) is 0. The number of hydrogen-bond acceptors (Lipinski definition) is 1. The Balaban J connectivity index is 1.83. The van der Waals surface area contributed by atoms with E-state index < -0.39 is 0 Å². The lowest BCUT2D eigenvalue weighted by molar-refractivity contribution is 0.0973. The van der Waals surface area contributed by atoms with Crippen LogP contribution in [0.25, 0.3) is 0 Å². The van der Waals surface area contributed by atoms with Crippen LogP contribution in [-0.2, 0) is 0 Å². The van der Waals surface area contributed by atoms with Gasteiger partial charge in [-0.1, -0.05) is 60.2 Å². The monoisotopic (exact) mass is 419 g/mol. The van der Waals surface area contributed by atoms with Crippen LogP contribution in [0.1, 0.15) is 46.3 Å². The summed E-state index contributed by atoms with van der Waals surface area (Å²) in [6.07, 6.45) is 0.913. The van der Waals surface area contributed by atoms with Crippen molar-refractivity contribution in [3.63, 3.8) is 0 Å². The van der Waals surface area contributed by atoms with Crippen molar-refractivity contribution >= 4 is 27.5 Å². The summed E-state index contributed by atoms with van der Waals surface area (Å²) in [4.78, 5) is 15.4. The van der Waals surface area contributed by atoms with Gasteiger partial charge in [0.25, 0.3) is 5.91 Å². The van der Waals surface area contributed by atoms with Crippen LogP contribution in [0.3, 0.4) is 0 Å². The van der Waals surface area contributed by atoms with Gasteiger partial charge in [0.1, 0.15) is 0 Å². The molecule has 3 heteroatoms. The minimum absolute atomic E-state index is 0.0478. The Morgan fingerprint density at radius 3 is 2.44 bits per heavy atom. The number of hydrogen-bond donors (Lipinski definition) is 0. The maximum Gasteiger partial charge on any atom is 0.259 e. The average molecular weight is 420 g/mol. The molecule has 0 saturated heterocycles. The molecule has 0 spiro atoms. The van der Waals surface area contributed by atoms with E-state index in [0.29, 0.717) is 11.5 Å². The van der Waals surface area contributed by atoms with E-state index in [9.17, 15) is 4.79 Å². The van der Waals surface area contributed by atoms with Crippen molar-refractivity contribution in [2.45, 2.75) is 32.2 Å². The Kier molecular flexibility index (Phi) is 4.88. The first-order valence-electron chi connectivity index (χ1n) is 9.30. The summed E-state index contributed by atoms with van der Waals surface area (Å²) in [5, 5.41) is 0. The normalized spacial score (nSPS) is 18.9. The number of carbonyl (C=O) groups excluding carboxylic acids is 1. The molecular formula is C24H22BrNO. The van der Waals surface area contributed by atoms with Crippen molar-refractivity contribution < 1.29 is 4.79 Å². The van der Waals surface area contributed by atoms with Crippen molar-refractivity contribution in [2.24, 2.45) is 0 Å². The van der Waals surface area contributed by atoms with Gasteiger partial charge in [0.05, 0.1) is 5.56 Å². The molecule has 1 heterocycles. The third-order valence-electron chi connectivity index (χ3n) is 5.36. The number of carbonyl (C=O) groups is 1. The minimum Gasteiger partial charge on any atom is -0.305 e. The summed E-state index contributed by atoms with van der Waals surface area (Å²) in [6.45, 7) is 4.26. The van der Waals surface area contributed by atoms with E-state index in [-0.39, 0.29) is 11.9 Å². The van der Waals surface area contributed by atoms with Gasteiger partial charge in [-0.05, 0) is 65.5 Å². The summed E-state index contributed by atoms with van der Waals surface area (Å²) in [5.41, 5.74) is 5.49. The Labute approximate surface area is 169 Å². The van der Waals surface area contributed by atoms with Crippen LogP contribution in [0.2, 0.25) is 0 Å². The van der Waals surface area contributed by atoms with Crippen molar-refractivity contribution in [1.29, 1.82) is 0 Å². The maximum absolute atomic E-state index is 13.4. The van der Waals surface area contributed by atoms with Crippen LogP contribution >= 0.6 is 15.9 Å². The molecule has 2 atom stereocenters. The molecule has 0 aliphatic carbocycles. The number of benzene rings is 3. The average Bonchev–Trinajstić information content (AvgIpc) is 2.68. The molecular weight excluding hydrogens is 398 g/mol. The first kappa shape index (κ1) is 18.0. The maximum atomic E-state index is 13.4. The zero-order chi connectivity index (χ0) is 19.0. The van der Waals surface area contributed by atoms with E-state index in [4.69, 9.17) is 0 Å². The highest BCUT2D eigenvalue weighted by molar-refractivity contribution is 9.10. The molecule has 4 rings (SSSR count).